The summed E-state index contributed by atoms with van der Waals surface area (Å²) in [5, 5.41) is 0. The molecule has 0 unspecified atom stereocenters. The molecule has 0 bridgehead atoms. The Balaban J connectivity index is 2.19. The number of benzene rings is 1. The predicted octanol–water partition coefficient (Wildman–Crippen LogP) is 1.98. The highest BCUT2D eigenvalue weighted by molar-refractivity contribution is 5.46. The molecule has 0 amide bonds. The van der Waals surface area contributed by atoms with Crippen LogP contribution in [0.25, 0.3) is 0 Å². The van der Waals surface area contributed by atoms with Gasteiger partial charge in [0.2, 0.25) is 0 Å². The summed E-state index contributed by atoms with van der Waals surface area (Å²) in [7, 11) is 0. The highest BCUT2D eigenvalue weighted by atomic mass is 16.1. The number of rotatable bonds is 3. The van der Waals surface area contributed by atoms with Crippen LogP contribution in [0.2, 0.25) is 0 Å². The highest BCUT2D eigenvalue weighted by Gasteiger charge is 2.01. The molecule has 0 saturated carbocycles. The van der Waals surface area contributed by atoms with Crippen LogP contribution in [-0.4, -0.2) is 4.57 Å². The lowest BCUT2D eigenvalue weighted by molar-refractivity contribution is 0.650. The number of nitrogen functional groups attached to an aromatic ring is 1. The summed E-state index contributed by atoms with van der Waals surface area (Å²) in [5.74, 6) is 0. The number of nitrogens with zero attached hydrogens (tertiary/aromatic N) is 1. The van der Waals surface area contributed by atoms with Crippen LogP contribution in [0, 0.1) is 6.92 Å². The molecule has 88 valence electrons. The molecule has 2 rings (SSSR count). The minimum absolute atomic E-state index is 0.0412. The molecule has 0 fully saturated rings. The molecule has 0 aliphatic rings. The zero-order valence-corrected chi connectivity index (χ0v) is 9.89. The first kappa shape index (κ1) is 11.5. The van der Waals surface area contributed by atoms with Gasteiger partial charge >= 0.3 is 0 Å². The Morgan fingerprint density at radius 2 is 1.88 bits per heavy atom. The summed E-state index contributed by atoms with van der Waals surface area (Å²) in [6.45, 7) is 2.61. The van der Waals surface area contributed by atoms with Gasteiger partial charge in [-0.2, -0.15) is 0 Å². The minimum Gasteiger partial charge on any atom is -0.399 e. The van der Waals surface area contributed by atoms with Crippen molar-refractivity contribution in [1.29, 1.82) is 0 Å². The van der Waals surface area contributed by atoms with Gasteiger partial charge in [0.05, 0.1) is 0 Å². The smallest absolute Gasteiger partial charge is 0.250 e. The number of aryl methyl sites for hydroxylation is 2. The van der Waals surface area contributed by atoms with Gasteiger partial charge in [-0.05, 0) is 31.0 Å². The van der Waals surface area contributed by atoms with E-state index >= 15 is 0 Å². The first-order valence-electron chi connectivity index (χ1n) is 5.68. The van der Waals surface area contributed by atoms with E-state index in [0.717, 1.165) is 23.4 Å². The normalized spacial score (nSPS) is 10.4. The lowest BCUT2D eigenvalue weighted by Crippen LogP contribution is -2.22. The van der Waals surface area contributed by atoms with Crippen LogP contribution in [0.1, 0.15) is 11.3 Å². The van der Waals surface area contributed by atoms with Crippen molar-refractivity contribution in [2.45, 2.75) is 19.9 Å². The summed E-state index contributed by atoms with van der Waals surface area (Å²) in [4.78, 5) is 11.7. The Morgan fingerprint density at radius 3 is 2.59 bits per heavy atom. The van der Waals surface area contributed by atoms with Gasteiger partial charge in [-0.3, -0.25) is 4.79 Å². The molecule has 3 nitrogen and oxygen atoms in total. The quantitative estimate of drug-likeness (QED) is 0.817. The molecule has 0 saturated heterocycles. The minimum atomic E-state index is 0.0412. The molecule has 0 spiro atoms. The summed E-state index contributed by atoms with van der Waals surface area (Å²) in [6, 6.07) is 13.1. The first-order valence-corrected chi connectivity index (χ1v) is 5.68. The number of para-hydroxylation sites is 1. The van der Waals surface area contributed by atoms with Gasteiger partial charge in [0.1, 0.15) is 0 Å². The van der Waals surface area contributed by atoms with E-state index in [1.165, 1.54) is 0 Å². The molecule has 2 aromatic rings. The molecule has 1 heterocycles. The third-order valence-corrected chi connectivity index (χ3v) is 2.93. The molecule has 0 aliphatic carbocycles. The molecular formula is C14H16N2O. The van der Waals surface area contributed by atoms with Crippen LogP contribution in [0.5, 0.6) is 0 Å². The molecule has 3 heteroatoms. The van der Waals surface area contributed by atoms with E-state index < -0.39 is 0 Å². The lowest BCUT2D eigenvalue weighted by atomic mass is 10.1. The molecule has 2 N–H and O–H groups in total. The van der Waals surface area contributed by atoms with Gasteiger partial charge in [0, 0.05) is 24.0 Å². The zero-order valence-electron chi connectivity index (χ0n) is 9.89. The fourth-order valence-corrected chi connectivity index (χ4v) is 1.90. The van der Waals surface area contributed by atoms with Crippen LogP contribution in [0.3, 0.4) is 0 Å². The third kappa shape index (κ3) is 2.56. The van der Waals surface area contributed by atoms with E-state index in [-0.39, 0.29) is 5.56 Å². The van der Waals surface area contributed by atoms with Gasteiger partial charge in [-0.1, -0.05) is 24.3 Å². The zero-order chi connectivity index (χ0) is 12.3. The summed E-state index contributed by atoms with van der Waals surface area (Å²) >= 11 is 0. The topological polar surface area (TPSA) is 48.0 Å². The van der Waals surface area contributed by atoms with Crippen molar-refractivity contribution in [3.8, 4) is 0 Å². The van der Waals surface area contributed by atoms with E-state index in [1.54, 1.807) is 16.7 Å². The van der Waals surface area contributed by atoms with Gasteiger partial charge in [0.25, 0.3) is 5.56 Å². The van der Waals surface area contributed by atoms with Crippen LogP contribution in [0.4, 0.5) is 5.69 Å². The molecular weight excluding hydrogens is 212 g/mol. The standard InChI is InChI=1S/C14H16N2O/c1-11-5-4-8-14(17)16(11)10-9-12-6-2-3-7-13(12)15/h2-8H,9-10,15H2,1H3. The Bertz CT molecular complexity index is 572. The number of hydrogen-bond donors (Lipinski definition) is 1. The number of pyridine rings is 1. The van der Waals surface area contributed by atoms with Crippen LogP contribution >= 0.6 is 0 Å². The second kappa shape index (κ2) is 4.87. The van der Waals surface area contributed by atoms with Crippen LogP contribution in [-0.2, 0) is 13.0 Å². The predicted molar refractivity (Wildman–Crippen MR) is 70.0 cm³/mol. The molecule has 17 heavy (non-hydrogen) atoms. The number of hydrogen-bond acceptors (Lipinski definition) is 2. The van der Waals surface area contributed by atoms with Crippen LogP contribution in [0.15, 0.2) is 47.3 Å². The largest absolute Gasteiger partial charge is 0.399 e. The maximum atomic E-state index is 11.7. The molecule has 0 radical (unpaired) electrons. The monoisotopic (exact) mass is 228 g/mol. The summed E-state index contributed by atoms with van der Waals surface area (Å²) < 4.78 is 1.77. The average molecular weight is 228 g/mol. The first-order chi connectivity index (χ1) is 8.18. The van der Waals surface area contributed by atoms with Gasteiger partial charge < -0.3 is 10.3 Å². The van der Waals surface area contributed by atoms with E-state index in [0.29, 0.717) is 6.54 Å². The third-order valence-electron chi connectivity index (χ3n) is 2.93. The molecule has 0 atom stereocenters. The maximum absolute atomic E-state index is 11.7. The van der Waals surface area contributed by atoms with E-state index in [9.17, 15) is 4.79 Å². The highest BCUT2D eigenvalue weighted by Crippen LogP contribution is 2.11. The van der Waals surface area contributed by atoms with E-state index in [1.807, 2.05) is 37.3 Å². The number of anilines is 1. The van der Waals surface area contributed by atoms with Crippen molar-refractivity contribution in [2.75, 3.05) is 5.73 Å². The Kier molecular flexibility index (Phi) is 3.28. The van der Waals surface area contributed by atoms with Gasteiger partial charge in [-0.15, -0.1) is 0 Å². The summed E-state index contributed by atoms with van der Waals surface area (Å²) in [5.41, 5.74) is 8.77. The average Bonchev–Trinajstić information content (AvgIpc) is 2.30. The lowest BCUT2D eigenvalue weighted by Gasteiger charge is -2.10. The molecule has 1 aromatic carbocycles. The van der Waals surface area contributed by atoms with Crippen molar-refractivity contribution in [1.82, 2.24) is 4.57 Å². The maximum Gasteiger partial charge on any atom is 0.250 e. The van der Waals surface area contributed by atoms with Gasteiger partial charge in [0.15, 0.2) is 0 Å². The van der Waals surface area contributed by atoms with Crippen molar-refractivity contribution in [2.24, 2.45) is 0 Å². The van der Waals surface area contributed by atoms with Crippen molar-refractivity contribution < 1.29 is 0 Å². The van der Waals surface area contributed by atoms with Crippen molar-refractivity contribution in [3.05, 3.63) is 64.1 Å². The number of nitrogens with two attached hydrogens (primary N) is 1. The van der Waals surface area contributed by atoms with E-state index in [4.69, 9.17) is 5.73 Å². The summed E-state index contributed by atoms with van der Waals surface area (Å²) in [6.07, 6.45) is 0.775. The van der Waals surface area contributed by atoms with E-state index in [2.05, 4.69) is 0 Å². The Labute approximate surface area is 101 Å². The Hall–Kier alpha value is -2.03. The van der Waals surface area contributed by atoms with Gasteiger partial charge in [-0.25, -0.2) is 0 Å². The molecule has 1 aromatic heterocycles. The molecule has 0 aliphatic heterocycles. The van der Waals surface area contributed by atoms with Crippen molar-refractivity contribution in [3.63, 3.8) is 0 Å². The second-order valence-corrected chi connectivity index (χ2v) is 4.11. The number of aromatic nitrogens is 1. The fourth-order valence-electron chi connectivity index (χ4n) is 1.90. The van der Waals surface area contributed by atoms with Crippen LogP contribution < -0.4 is 11.3 Å². The second-order valence-electron chi connectivity index (χ2n) is 4.11. The SMILES string of the molecule is Cc1cccc(=O)n1CCc1ccccc1N. The Morgan fingerprint density at radius 1 is 1.12 bits per heavy atom. The fraction of sp³-hybridized carbons (Fsp3) is 0.214. The van der Waals surface area contributed by atoms with Crippen molar-refractivity contribution >= 4 is 5.69 Å².